The normalized spacial score (nSPS) is 27.5. The number of esters is 1. The molecule has 0 unspecified atom stereocenters. The standard InChI is InChI=1S/C9H15NO3/c1-2-13-7(11)8(3-4-8)9(12)5-10-6-9/h10,12H,2-6H2,1H3. The van der Waals surface area contributed by atoms with E-state index in [0.717, 1.165) is 12.8 Å². The van der Waals surface area contributed by atoms with Crippen molar-refractivity contribution in [3.05, 3.63) is 0 Å². The molecule has 74 valence electrons. The Labute approximate surface area is 77.3 Å². The Morgan fingerprint density at radius 3 is 2.46 bits per heavy atom. The van der Waals surface area contributed by atoms with Crippen LogP contribution in [-0.2, 0) is 9.53 Å². The topological polar surface area (TPSA) is 58.6 Å². The minimum atomic E-state index is -0.834. The lowest BCUT2D eigenvalue weighted by Gasteiger charge is -2.43. The zero-order valence-electron chi connectivity index (χ0n) is 7.80. The molecule has 4 heteroatoms. The highest BCUT2D eigenvalue weighted by Crippen LogP contribution is 2.56. The first-order valence-corrected chi connectivity index (χ1v) is 4.75. The minimum Gasteiger partial charge on any atom is -0.465 e. The molecule has 0 aromatic carbocycles. The summed E-state index contributed by atoms with van der Waals surface area (Å²) in [5, 5.41) is 13.0. The Balaban J connectivity index is 2.07. The number of carbonyl (C=O) groups is 1. The highest BCUT2D eigenvalue weighted by Gasteiger charge is 2.67. The number of nitrogens with one attached hydrogen (secondary N) is 1. The lowest BCUT2D eigenvalue weighted by atomic mass is 9.79. The van der Waals surface area contributed by atoms with Gasteiger partial charge in [-0.2, -0.15) is 0 Å². The summed E-state index contributed by atoms with van der Waals surface area (Å²) in [6, 6.07) is 0. The van der Waals surface area contributed by atoms with Crippen LogP contribution in [0.25, 0.3) is 0 Å². The van der Waals surface area contributed by atoms with Gasteiger partial charge in [-0.05, 0) is 19.8 Å². The summed E-state index contributed by atoms with van der Waals surface area (Å²) in [5.41, 5.74) is -1.41. The van der Waals surface area contributed by atoms with Gasteiger partial charge in [-0.3, -0.25) is 4.79 Å². The fourth-order valence-electron chi connectivity index (χ4n) is 1.95. The Hall–Kier alpha value is -0.610. The van der Waals surface area contributed by atoms with Crippen molar-refractivity contribution in [2.24, 2.45) is 5.41 Å². The van der Waals surface area contributed by atoms with Gasteiger partial charge in [-0.1, -0.05) is 0 Å². The van der Waals surface area contributed by atoms with E-state index in [1.807, 2.05) is 0 Å². The van der Waals surface area contributed by atoms with E-state index in [-0.39, 0.29) is 5.97 Å². The van der Waals surface area contributed by atoms with Gasteiger partial charge in [0.25, 0.3) is 0 Å². The molecule has 0 radical (unpaired) electrons. The van der Waals surface area contributed by atoms with Crippen LogP contribution in [0.4, 0.5) is 0 Å². The predicted molar refractivity (Wildman–Crippen MR) is 46.1 cm³/mol. The van der Waals surface area contributed by atoms with Gasteiger partial charge in [-0.25, -0.2) is 0 Å². The van der Waals surface area contributed by atoms with E-state index in [1.54, 1.807) is 6.92 Å². The second kappa shape index (κ2) is 2.69. The van der Waals surface area contributed by atoms with Crippen molar-refractivity contribution < 1.29 is 14.6 Å². The van der Waals surface area contributed by atoms with Crippen LogP contribution in [0.2, 0.25) is 0 Å². The molecule has 2 rings (SSSR count). The van der Waals surface area contributed by atoms with Crippen LogP contribution < -0.4 is 5.32 Å². The zero-order chi connectivity index (χ0) is 9.53. The molecule has 1 saturated heterocycles. The number of carbonyl (C=O) groups excluding carboxylic acids is 1. The second-order valence-electron chi connectivity index (χ2n) is 3.94. The van der Waals surface area contributed by atoms with E-state index < -0.39 is 11.0 Å². The second-order valence-corrected chi connectivity index (χ2v) is 3.94. The van der Waals surface area contributed by atoms with Crippen molar-refractivity contribution in [3.63, 3.8) is 0 Å². The summed E-state index contributed by atoms with van der Waals surface area (Å²) < 4.78 is 4.96. The summed E-state index contributed by atoms with van der Waals surface area (Å²) in [5.74, 6) is -0.223. The number of β-amino-alcohol motifs (C(OH)–C–C–N with tert-alkyl or cyclic N) is 1. The van der Waals surface area contributed by atoms with E-state index in [4.69, 9.17) is 4.74 Å². The first-order chi connectivity index (χ1) is 6.15. The molecule has 0 aromatic rings. The highest BCUT2D eigenvalue weighted by molar-refractivity contribution is 5.82. The maximum atomic E-state index is 11.6. The summed E-state index contributed by atoms with van der Waals surface area (Å²) in [6.07, 6.45) is 1.54. The number of aliphatic hydroxyl groups is 1. The first-order valence-electron chi connectivity index (χ1n) is 4.75. The summed E-state index contributed by atoms with van der Waals surface area (Å²) >= 11 is 0. The fourth-order valence-corrected chi connectivity index (χ4v) is 1.95. The van der Waals surface area contributed by atoms with Gasteiger partial charge in [0, 0.05) is 13.1 Å². The number of hydrogen-bond acceptors (Lipinski definition) is 4. The van der Waals surface area contributed by atoms with E-state index in [0.29, 0.717) is 19.7 Å². The largest absolute Gasteiger partial charge is 0.465 e. The van der Waals surface area contributed by atoms with E-state index in [9.17, 15) is 9.90 Å². The molecule has 13 heavy (non-hydrogen) atoms. The molecule has 0 aromatic heterocycles. The van der Waals surface area contributed by atoms with Crippen LogP contribution in [0.3, 0.4) is 0 Å². The third-order valence-corrected chi connectivity index (χ3v) is 3.14. The van der Waals surface area contributed by atoms with Gasteiger partial charge in [0.15, 0.2) is 0 Å². The Morgan fingerprint density at radius 1 is 1.54 bits per heavy atom. The van der Waals surface area contributed by atoms with Gasteiger partial charge >= 0.3 is 5.97 Å². The quantitative estimate of drug-likeness (QED) is 0.591. The fraction of sp³-hybridized carbons (Fsp3) is 0.889. The monoisotopic (exact) mass is 185 g/mol. The average molecular weight is 185 g/mol. The van der Waals surface area contributed by atoms with Gasteiger partial charge < -0.3 is 15.2 Å². The maximum Gasteiger partial charge on any atom is 0.315 e. The van der Waals surface area contributed by atoms with Gasteiger partial charge in [0.1, 0.15) is 5.60 Å². The number of rotatable bonds is 3. The SMILES string of the molecule is CCOC(=O)C1(C2(O)CNC2)CC1. The van der Waals surface area contributed by atoms with Crippen LogP contribution in [0.5, 0.6) is 0 Å². The molecule has 1 aliphatic carbocycles. The van der Waals surface area contributed by atoms with E-state index >= 15 is 0 Å². The molecule has 4 nitrogen and oxygen atoms in total. The van der Waals surface area contributed by atoms with Crippen molar-refractivity contribution in [3.8, 4) is 0 Å². The maximum absolute atomic E-state index is 11.6. The van der Waals surface area contributed by atoms with Gasteiger partial charge in [-0.15, -0.1) is 0 Å². The third-order valence-electron chi connectivity index (χ3n) is 3.14. The molecule has 1 aliphatic heterocycles. The Kier molecular flexibility index (Phi) is 1.85. The predicted octanol–water partition coefficient (Wildman–Crippen LogP) is -0.336. The molecule has 0 atom stereocenters. The van der Waals surface area contributed by atoms with Crippen molar-refractivity contribution in [2.45, 2.75) is 25.4 Å². The summed E-state index contributed by atoms with van der Waals surface area (Å²) in [4.78, 5) is 11.6. The molecule has 0 amide bonds. The smallest absolute Gasteiger partial charge is 0.315 e. The molecular formula is C9H15NO3. The van der Waals surface area contributed by atoms with Crippen molar-refractivity contribution >= 4 is 5.97 Å². The lowest BCUT2D eigenvalue weighted by molar-refractivity contribution is -0.167. The summed E-state index contributed by atoms with van der Waals surface area (Å²) in [7, 11) is 0. The highest BCUT2D eigenvalue weighted by atomic mass is 16.5. The average Bonchev–Trinajstić information content (AvgIpc) is 2.81. The molecule has 1 heterocycles. The van der Waals surface area contributed by atoms with Gasteiger partial charge in [0.05, 0.1) is 12.0 Å². The molecule has 2 aliphatic rings. The van der Waals surface area contributed by atoms with E-state index in [1.165, 1.54) is 0 Å². The van der Waals surface area contributed by atoms with Crippen molar-refractivity contribution in [1.82, 2.24) is 5.32 Å². The van der Waals surface area contributed by atoms with E-state index in [2.05, 4.69) is 5.32 Å². The van der Waals surface area contributed by atoms with Crippen LogP contribution in [0, 0.1) is 5.41 Å². The first kappa shape index (κ1) is 8.97. The van der Waals surface area contributed by atoms with Gasteiger partial charge in [0.2, 0.25) is 0 Å². The molecule has 1 saturated carbocycles. The van der Waals surface area contributed by atoms with Crippen LogP contribution in [0.15, 0.2) is 0 Å². The van der Waals surface area contributed by atoms with Crippen LogP contribution >= 0.6 is 0 Å². The third kappa shape index (κ3) is 1.09. The summed E-state index contributed by atoms with van der Waals surface area (Å²) in [6.45, 7) is 3.22. The molecular weight excluding hydrogens is 170 g/mol. The molecule has 2 N–H and O–H groups in total. The molecule has 0 bridgehead atoms. The molecule has 0 spiro atoms. The Bertz CT molecular complexity index is 231. The number of ether oxygens (including phenoxy) is 1. The van der Waals surface area contributed by atoms with Crippen LogP contribution in [-0.4, -0.2) is 36.4 Å². The molecule has 2 fully saturated rings. The van der Waals surface area contributed by atoms with Crippen molar-refractivity contribution in [1.29, 1.82) is 0 Å². The van der Waals surface area contributed by atoms with Crippen LogP contribution in [0.1, 0.15) is 19.8 Å². The number of hydrogen-bond donors (Lipinski definition) is 2. The van der Waals surface area contributed by atoms with Crippen molar-refractivity contribution in [2.75, 3.05) is 19.7 Å². The minimum absolute atomic E-state index is 0.223. The zero-order valence-corrected chi connectivity index (χ0v) is 7.80. The lowest BCUT2D eigenvalue weighted by Crippen LogP contribution is -2.66. The Morgan fingerprint density at radius 2 is 2.15 bits per heavy atom.